The predicted octanol–water partition coefficient (Wildman–Crippen LogP) is 0.890. The highest BCUT2D eigenvalue weighted by molar-refractivity contribution is 7.85. The molecule has 184 valence electrons. The van der Waals surface area contributed by atoms with Crippen LogP contribution in [0.4, 0.5) is 22.4 Å². The molecule has 1 saturated heterocycles. The number of nitrogens with two attached hydrogens (primary N) is 1. The third kappa shape index (κ3) is 4.55. The molecule has 0 spiro atoms. The monoisotopic (exact) mass is 497 g/mol. The van der Waals surface area contributed by atoms with Crippen molar-refractivity contribution in [3.8, 4) is 18.1 Å². The van der Waals surface area contributed by atoms with Crippen molar-refractivity contribution in [1.29, 1.82) is 0 Å². The largest absolute Gasteiger partial charge is 0.487 e. The number of amides is 1. The minimum Gasteiger partial charge on any atom is -0.487 e. The Morgan fingerprint density at radius 2 is 2.26 bits per heavy atom. The van der Waals surface area contributed by atoms with Gasteiger partial charge in [-0.1, -0.05) is 5.92 Å². The number of primary amides is 1. The molecular formula is C23H27N7O4S. The van der Waals surface area contributed by atoms with Crippen molar-refractivity contribution in [3.63, 3.8) is 0 Å². The van der Waals surface area contributed by atoms with Crippen molar-refractivity contribution in [2.45, 2.75) is 36.7 Å². The van der Waals surface area contributed by atoms with Crippen LogP contribution in [0.25, 0.3) is 0 Å². The molecule has 5 heterocycles. The second-order valence-corrected chi connectivity index (χ2v) is 10.9. The van der Waals surface area contributed by atoms with E-state index in [0.29, 0.717) is 59.8 Å². The van der Waals surface area contributed by atoms with Crippen LogP contribution in [0.1, 0.15) is 25.1 Å². The molecule has 0 aliphatic carbocycles. The number of nitrogens with one attached hydrogen (secondary N) is 1. The Labute approximate surface area is 205 Å². The van der Waals surface area contributed by atoms with E-state index in [1.807, 2.05) is 19.9 Å². The van der Waals surface area contributed by atoms with Crippen LogP contribution in [0.3, 0.4) is 0 Å². The van der Waals surface area contributed by atoms with Crippen molar-refractivity contribution >= 4 is 34.5 Å². The third-order valence-electron chi connectivity index (χ3n) is 6.18. The fourth-order valence-electron chi connectivity index (χ4n) is 4.50. The van der Waals surface area contributed by atoms with Crippen LogP contribution < -0.4 is 25.6 Å². The molecule has 0 unspecified atom stereocenters. The highest BCUT2D eigenvalue weighted by atomic mass is 32.2. The Balaban J connectivity index is 1.39. The van der Waals surface area contributed by atoms with E-state index in [1.165, 1.54) is 0 Å². The Morgan fingerprint density at radius 1 is 1.43 bits per heavy atom. The molecular weight excluding hydrogens is 470 g/mol. The molecule has 2 aromatic rings. The summed E-state index contributed by atoms with van der Waals surface area (Å²) in [5.41, 5.74) is 5.92. The highest BCUT2D eigenvalue weighted by Crippen LogP contribution is 2.36. The fraction of sp³-hybridized carbons (Fsp3) is 0.478. The van der Waals surface area contributed by atoms with Gasteiger partial charge in [-0.3, -0.25) is 4.21 Å². The number of carbonyl (C=O) groups is 1. The summed E-state index contributed by atoms with van der Waals surface area (Å²) in [6.45, 7) is 6.30. The van der Waals surface area contributed by atoms with E-state index >= 15 is 0 Å². The molecule has 5 rings (SSSR count). The minimum atomic E-state index is -1.19. The Morgan fingerprint density at radius 3 is 3.03 bits per heavy atom. The average Bonchev–Trinajstić information content (AvgIpc) is 3.22. The lowest BCUT2D eigenvalue weighted by atomic mass is 10.1. The fourth-order valence-corrected chi connectivity index (χ4v) is 5.81. The number of rotatable bonds is 5. The lowest BCUT2D eigenvalue weighted by molar-refractivity contribution is 0.138. The van der Waals surface area contributed by atoms with Gasteiger partial charge in [-0.2, -0.15) is 4.98 Å². The smallest absolute Gasteiger partial charge is 0.404 e. The molecule has 2 atom stereocenters. The number of aromatic nitrogens is 3. The number of aryl methyl sites for hydroxylation is 1. The van der Waals surface area contributed by atoms with Gasteiger partial charge in [0.05, 0.1) is 28.1 Å². The molecule has 35 heavy (non-hydrogen) atoms. The molecule has 1 fully saturated rings. The molecule has 0 aromatic carbocycles. The van der Waals surface area contributed by atoms with Gasteiger partial charge >= 0.3 is 6.09 Å². The summed E-state index contributed by atoms with van der Waals surface area (Å²) >= 11 is 0. The maximum atomic E-state index is 12.7. The average molecular weight is 498 g/mol. The molecule has 1 amide bonds. The maximum Gasteiger partial charge on any atom is 0.404 e. The molecule has 0 bridgehead atoms. The van der Waals surface area contributed by atoms with Crippen LogP contribution in [-0.2, 0) is 22.0 Å². The van der Waals surface area contributed by atoms with Gasteiger partial charge < -0.3 is 30.3 Å². The first-order valence-electron chi connectivity index (χ1n) is 11.3. The lowest BCUT2D eigenvalue weighted by Crippen LogP contribution is -2.58. The standard InChI is InChI=1S/C23H27N7O4S/c1-4-14-9-17-20(25-10-14)30-7-6-29(11-15(30)12-33-17)22-26-16-5-8-35(32)18(16)19(27-22)28-23(2,3)13-34-21(24)31/h1,9-10,15H,5-8,11-13H2,2-3H3,(H2,24,31)(H,26,27,28)/t15-,35+/m1/s1. The molecule has 11 nitrogen and oxygen atoms in total. The quantitative estimate of drug-likeness (QED) is 0.573. The minimum absolute atomic E-state index is 0.0367. The summed E-state index contributed by atoms with van der Waals surface area (Å²) in [7, 11) is -1.19. The van der Waals surface area contributed by atoms with Crippen molar-refractivity contribution in [2.24, 2.45) is 5.73 Å². The van der Waals surface area contributed by atoms with Gasteiger partial charge in [0.2, 0.25) is 5.95 Å². The van der Waals surface area contributed by atoms with E-state index in [-0.39, 0.29) is 12.6 Å². The first-order chi connectivity index (χ1) is 16.7. The molecule has 12 heteroatoms. The zero-order valence-electron chi connectivity index (χ0n) is 19.6. The third-order valence-corrected chi connectivity index (χ3v) is 7.64. The summed E-state index contributed by atoms with van der Waals surface area (Å²) in [5.74, 6) is 5.66. The van der Waals surface area contributed by atoms with Gasteiger partial charge in [0, 0.05) is 49.6 Å². The number of fused-ring (bicyclic) bond motifs is 4. The second kappa shape index (κ2) is 8.88. The van der Waals surface area contributed by atoms with E-state index in [1.54, 1.807) is 6.20 Å². The number of pyridine rings is 1. The van der Waals surface area contributed by atoms with Crippen LogP contribution in [-0.4, -0.2) is 75.4 Å². The van der Waals surface area contributed by atoms with Crippen LogP contribution in [0.5, 0.6) is 5.75 Å². The summed E-state index contributed by atoms with van der Waals surface area (Å²) in [6.07, 6.45) is 6.94. The van der Waals surface area contributed by atoms with Crippen molar-refractivity contribution < 1.29 is 18.5 Å². The molecule has 3 aliphatic heterocycles. The Bertz CT molecular complexity index is 1250. The Hall–Kier alpha value is -3.59. The summed E-state index contributed by atoms with van der Waals surface area (Å²) in [5, 5.41) is 3.30. The van der Waals surface area contributed by atoms with E-state index in [4.69, 9.17) is 31.6 Å². The van der Waals surface area contributed by atoms with Crippen LogP contribution in [0.15, 0.2) is 17.2 Å². The number of hydrogen-bond acceptors (Lipinski definition) is 10. The number of terminal acetylenes is 1. The van der Waals surface area contributed by atoms with Gasteiger partial charge in [-0.05, 0) is 13.8 Å². The zero-order valence-corrected chi connectivity index (χ0v) is 20.4. The first kappa shape index (κ1) is 23.2. The highest BCUT2D eigenvalue weighted by Gasteiger charge is 2.36. The molecule has 3 aliphatic rings. The van der Waals surface area contributed by atoms with E-state index in [2.05, 4.69) is 26.0 Å². The molecule has 0 saturated carbocycles. The van der Waals surface area contributed by atoms with E-state index in [0.717, 1.165) is 18.1 Å². The number of ether oxygens (including phenoxy) is 2. The van der Waals surface area contributed by atoms with Gasteiger partial charge in [-0.25, -0.2) is 14.8 Å². The van der Waals surface area contributed by atoms with E-state index in [9.17, 15) is 9.00 Å². The zero-order chi connectivity index (χ0) is 24.7. The van der Waals surface area contributed by atoms with Crippen LogP contribution in [0.2, 0.25) is 0 Å². The normalized spacial score (nSPS) is 20.7. The maximum absolute atomic E-state index is 12.7. The van der Waals surface area contributed by atoms with Crippen molar-refractivity contribution in [3.05, 3.63) is 23.5 Å². The van der Waals surface area contributed by atoms with Gasteiger partial charge in [0.15, 0.2) is 11.6 Å². The van der Waals surface area contributed by atoms with Crippen LogP contribution in [0, 0.1) is 12.3 Å². The summed E-state index contributed by atoms with van der Waals surface area (Å²) < 4.78 is 23.7. The Kier molecular flexibility index (Phi) is 5.88. The molecule has 2 aromatic heterocycles. The number of piperazine rings is 1. The summed E-state index contributed by atoms with van der Waals surface area (Å²) in [6, 6.07) is 1.92. The summed E-state index contributed by atoms with van der Waals surface area (Å²) in [4.78, 5) is 30.1. The number of hydrogen-bond donors (Lipinski definition) is 2. The van der Waals surface area contributed by atoms with E-state index < -0.39 is 22.4 Å². The van der Waals surface area contributed by atoms with Gasteiger partial charge in [0.25, 0.3) is 0 Å². The predicted molar refractivity (Wildman–Crippen MR) is 131 cm³/mol. The first-order valence-corrected chi connectivity index (χ1v) is 12.7. The SMILES string of the molecule is C#Cc1cnc2c(c1)OC[C@H]1CN(c3nc4c(c(NC(C)(C)COC(N)=O)n3)[S@@](=O)CC4)CCN21. The van der Waals surface area contributed by atoms with Crippen molar-refractivity contribution in [2.75, 3.05) is 53.7 Å². The topological polar surface area (TPSA) is 136 Å². The number of anilines is 3. The number of nitrogens with zero attached hydrogens (tertiary/aromatic N) is 5. The van der Waals surface area contributed by atoms with Gasteiger partial charge in [-0.15, -0.1) is 6.42 Å². The lowest BCUT2D eigenvalue weighted by Gasteiger charge is -2.44. The van der Waals surface area contributed by atoms with Crippen LogP contribution >= 0.6 is 0 Å². The number of carbonyl (C=O) groups excluding carboxylic acids is 1. The van der Waals surface area contributed by atoms with Crippen molar-refractivity contribution in [1.82, 2.24) is 15.0 Å². The van der Waals surface area contributed by atoms with Gasteiger partial charge in [0.1, 0.15) is 23.9 Å². The molecule has 0 radical (unpaired) electrons. The molecule has 3 N–H and O–H groups in total. The second-order valence-electron chi connectivity index (χ2n) is 9.36.